The van der Waals surface area contributed by atoms with Crippen LogP contribution >= 0.6 is 0 Å². The Labute approximate surface area is 107 Å². The zero-order valence-electron chi connectivity index (χ0n) is 11.4. The first-order chi connectivity index (χ1) is 8.65. The van der Waals surface area contributed by atoms with E-state index >= 15 is 0 Å². The molecule has 0 spiro atoms. The molecule has 6 heteroatoms. The highest BCUT2D eigenvalue weighted by atomic mass is 15.3. The van der Waals surface area contributed by atoms with Crippen LogP contribution in [-0.2, 0) is 26.9 Å². The largest absolute Gasteiger partial charge is 0.311 e. The van der Waals surface area contributed by atoms with E-state index in [0.717, 1.165) is 24.4 Å². The van der Waals surface area contributed by atoms with Gasteiger partial charge < -0.3 is 5.32 Å². The summed E-state index contributed by atoms with van der Waals surface area (Å²) in [7, 11) is 5.85. The fourth-order valence-electron chi connectivity index (χ4n) is 2.08. The van der Waals surface area contributed by atoms with Crippen molar-refractivity contribution in [3.8, 4) is 0 Å². The Morgan fingerprint density at radius 3 is 2.61 bits per heavy atom. The van der Waals surface area contributed by atoms with Gasteiger partial charge in [-0.2, -0.15) is 10.2 Å². The highest BCUT2D eigenvalue weighted by Gasteiger charge is 2.17. The monoisotopic (exact) mass is 248 g/mol. The molecular weight excluding hydrogens is 228 g/mol. The summed E-state index contributed by atoms with van der Waals surface area (Å²) in [5.74, 6) is 0.966. The third-order valence-electron chi connectivity index (χ3n) is 3.23. The standard InChI is InChI=1S/C12H20N6/c1-5-9-6-11(17(3)16-9)10(13-2)7-12-14-8-15-18(12)4/h6,8,10,13H,5,7H2,1-4H3. The van der Waals surface area contributed by atoms with Crippen LogP contribution in [0, 0.1) is 0 Å². The summed E-state index contributed by atoms with van der Waals surface area (Å²) in [6, 6.07) is 2.35. The van der Waals surface area contributed by atoms with E-state index in [9.17, 15) is 0 Å². The van der Waals surface area contributed by atoms with Crippen LogP contribution in [0.5, 0.6) is 0 Å². The molecule has 0 aliphatic heterocycles. The number of rotatable bonds is 5. The molecule has 0 bridgehead atoms. The molecule has 6 nitrogen and oxygen atoms in total. The Balaban J connectivity index is 2.22. The number of aryl methyl sites for hydroxylation is 3. The lowest BCUT2D eigenvalue weighted by atomic mass is 10.1. The number of likely N-dealkylation sites (N-methyl/N-ethyl adjacent to an activating group) is 1. The molecule has 0 aromatic carbocycles. The van der Waals surface area contributed by atoms with Gasteiger partial charge in [-0.3, -0.25) is 9.36 Å². The zero-order valence-corrected chi connectivity index (χ0v) is 11.4. The topological polar surface area (TPSA) is 60.6 Å². The average molecular weight is 248 g/mol. The van der Waals surface area contributed by atoms with Gasteiger partial charge in [0.15, 0.2) is 0 Å². The SMILES string of the molecule is CCc1cc(C(Cc2ncnn2C)NC)n(C)n1. The summed E-state index contributed by atoms with van der Waals surface area (Å²) in [5.41, 5.74) is 2.29. The first kappa shape index (κ1) is 12.8. The molecule has 1 atom stereocenters. The molecule has 18 heavy (non-hydrogen) atoms. The first-order valence-corrected chi connectivity index (χ1v) is 6.18. The van der Waals surface area contributed by atoms with Crippen LogP contribution in [0.4, 0.5) is 0 Å². The van der Waals surface area contributed by atoms with Crippen LogP contribution in [-0.4, -0.2) is 31.6 Å². The van der Waals surface area contributed by atoms with Crippen LogP contribution in [0.25, 0.3) is 0 Å². The molecule has 2 rings (SSSR count). The maximum absolute atomic E-state index is 4.48. The summed E-state index contributed by atoms with van der Waals surface area (Å²) < 4.78 is 3.75. The Morgan fingerprint density at radius 2 is 2.11 bits per heavy atom. The summed E-state index contributed by atoms with van der Waals surface area (Å²) >= 11 is 0. The van der Waals surface area contributed by atoms with Crippen molar-refractivity contribution >= 4 is 0 Å². The van der Waals surface area contributed by atoms with Crippen molar-refractivity contribution in [2.75, 3.05) is 7.05 Å². The molecule has 98 valence electrons. The fourth-order valence-corrected chi connectivity index (χ4v) is 2.08. The lowest BCUT2D eigenvalue weighted by Gasteiger charge is -2.15. The first-order valence-electron chi connectivity index (χ1n) is 6.18. The normalized spacial score (nSPS) is 12.9. The number of hydrogen-bond acceptors (Lipinski definition) is 4. The molecule has 2 aromatic heterocycles. The fraction of sp³-hybridized carbons (Fsp3) is 0.583. The van der Waals surface area contributed by atoms with Crippen molar-refractivity contribution in [2.45, 2.75) is 25.8 Å². The second kappa shape index (κ2) is 5.30. The van der Waals surface area contributed by atoms with Crippen molar-refractivity contribution in [3.05, 3.63) is 29.6 Å². The quantitative estimate of drug-likeness (QED) is 0.842. The second-order valence-electron chi connectivity index (χ2n) is 4.38. The van der Waals surface area contributed by atoms with E-state index < -0.39 is 0 Å². The van der Waals surface area contributed by atoms with Crippen LogP contribution in [0.1, 0.15) is 30.2 Å². The van der Waals surface area contributed by atoms with Gasteiger partial charge in [-0.1, -0.05) is 6.92 Å². The van der Waals surface area contributed by atoms with Gasteiger partial charge in [0.2, 0.25) is 0 Å². The molecule has 0 amide bonds. The van der Waals surface area contributed by atoms with E-state index in [-0.39, 0.29) is 6.04 Å². The van der Waals surface area contributed by atoms with Gasteiger partial charge in [0.25, 0.3) is 0 Å². The summed E-state index contributed by atoms with van der Waals surface area (Å²) in [4.78, 5) is 4.27. The van der Waals surface area contributed by atoms with E-state index in [1.807, 2.05) is 25.8 Å². The average Bonchev–Trinajstić information content (AvgIpc) is 2.93. The number of nitrogens with zero attached hydrogens (tertiary/aromatic N) is 5. The van der Waals surface area contributed by atoms with E-state index in [4.69, 9.17) is 0 Å². The number of aromatic nitrogens is 5. The zero-order chi connectivity index (χ0) is 13.1. The van der Waals surface area contributed by atoms with Gasteiger partial charge in [-0.15, -0.1) is 0 Å². The van der Waals surface area contributed by atoms with Crippen molar-refractivity contribution in [2.24, 2.45) is 14.1 Å². The highest BCUT2D eigenvalue weighted by Crippen LogP contribution is 2.17. The Morgan fingerprint density at radius 1 is 1.33 bits per heavy atom. The van der Waals surface area contributed by atoms with Gasteiger partial charge >= 0.3 is 0 Å². The van der Waals surface area contributed by atoms with Crippen molar-refractivity contribution in [1.29, 1.82) is 0 Å². The van der Waals surface area contributed by atoms with Crippen molar-refractivity contribution in [3.63, 3.8) is 0 Å². The van der Waals surface area contributed by atoms with Gasteiger partial charge in [0.1, 0.15) is 12.2 Å². The Hall–Kier alpha value is -1.69. The molecule has 1 N–H and O–H groups in total. The molecule has 0 aliphatic carbocycles. The van der Waals surface area contributed by atoms with Gasteiger partial charge in [-0.05, 0) is 19.5 Å². The Bertz CT molecular complexity index is 512. The molecule has 0 fully saturated rings. The predicted molar refractivity (Wildman–Crippen MR) is 69.1 cm³/mol. The van der Waals surface area contributed by atoms with Crippen LogP contribution < -0.4 is 5.32 Å². The highest BCUT2D eigenvalue weighted by molar-refractivity contribution is 5.15. The molecule has 0 aliphatic rings. The number of nitrogens with one attached hydrogen (secondary N) is 1. The Kier molecular flexibility index (Phi) is 3.76. The van der Waals surface area contributed by atoms with Gasteiger partial charge in [-0.25, -0.2) is 4.98 Å². The molecule has 2 heterocycles. The third-order valence-corrected chi connectivity index (χ3v) is 3.23. The van der Waals surface area contributed by atoms with E-state index in [1.54, 1.807) is 11.0 Å². The van der Waals surface area contributed by atoms with Crippen LogP contribution in [0.2, 0.25) is 0 Å². The van der Waals surface area contributed by atoms with Gasteiger partial charge in [0, 0.05) is 20.5 Å². The lowest BCUT2D eigenvalue weighted by Crippen LogP contribution is -2.23. The molecule has 0 saturated carbocycles. The van der Waals surface area contributed by atoms with E-state index in [1.165, 1.54) is 5.69 Å². The maximum Gasteiger partial charge on any atom is 0.138 e. The predicted octanol–water partition coefficient (Wildman–Crippen LogP) is 0.614. The minimum atomic E-state index is 0.200. The minimum Gasteiger partial charge on any atom is -0.311 e. The molecule has 0 saturated heterocycles. The van der Waals surface area contributed by atoms with Crippen molar-refractivity contribution < 1.29 is 0 Å². The third kappa shape index (κ3) is 2.43. The second-order valence-corrected chi connectivity index (χ2v) is 4.38. The molecule has 2 aromatic rings. The summed E-state index contributed by atoms with van der Waals surface area (Å²) in [6.07, 6.45) is 3.34. The van der Waals surface area contributed by atoms with Crippen LogP contribution in [0.3, 0.4) is 0 Å². The molecule has 0 radical (unpaired) electrons. The smallest absolute Gasteiger partial charge is 0.138 e. The van der Waals surface area contributed by atoms with Crippen LogP contribution in [0.15, 0.2) is 12.4 Å². The maximum atomic E-state index is 4.48. The summed E-state index contributed by atoms with van der Waals surface area (Å²) in [5, 5.41) is 11.9. The van der Waals surface area contributed by atoms with Gasteiger partial charge in [0.05, 0.1) is 17.4 Å². The molecule has 1 unspecified atom stereocenters. The lowest BCUT2D eigenvalue weighted by molar-refractivity contribution is 0.513. The van der Waals surface area contributed by atoms with Crippen molar-refractivity contribution in [1.82, 2.24) is 29.9 Å². The van der Waals surface area contributed by atoms with E-state index in [0.29, 0.717) is 0 Å². The number of hydrogen-bond donors (Lipinski definition) is 1. The molecular formula is C12H20N6. The summed E-state index contributed by atoms with van der Waals surface area (Å²) in [6.45, 7) is 2.11. The minimum absolute atomic E-state index is 0.200. The van der Waals surface area contributed by atoms with E-state index in [2.05, 4.69) is 33.5 Å².